The Hall–Kier alpha value is -2.27. The minimum absolute atomic E-state index is 0.0969. The predicted molar refractivity (Wildman–Crippen MR) is 103 cm³/mol. The topological polar surface area (TPSA) is 44.8 Å². The fourth-order valence-electron chi connectivity index (χ4n) is 2.22. The normalized spacial score (nSPS) is 10.7. The predicted octanol–water partition coefficient (Wildman–Crippen LogP) is 5.15. The van der Waals surface area contributed by atoms with Crippen LogP contribution in [-0.4, -0.2) is 26.6 Å². The Morgan fingerprint density at radius 2 is 1.96 bits per heavy atom. The third-order valence-electron chi connectivity index (χ3n) is 3.48. The first kappa shape index (κ1) is 19.1. The minimum Gasteiger partial charge on any atom is -0.497 e. The monoisotopic (exact) mass is 404 g/mol. The van der Waals surface area contributed by atoms with Crippen LogP contribution in [0.2, 0.25) is 0 Å². The van der Waals surface area contributed by atoms with E-state index in [1.165, 1.54) is 6.08 Å². The molecule has 0 aliphatic carbocycles. The lowest BCUT2D eigenvalue weighted by Gasteiger charge is -2.12. The van der Waals surface area contributed by atoms with Gasteiger partial charge in [-0.2, -0.15) is 0 Å². The molecule has 0 aliphatic heterocycles. The highest BCUT2D eigenvalue weighted by atomic mass is 79.9. The molecule has 0 amide bonds. The van der Waals surface area contributed by atoms with Crippen molar-refractivity contribution in [2.24, 2.45) is 0 Å². The van der Waals surface area contributed by atoms with Crippen LogP contribution in [0.25, 0.3) is 6.08 Å². The van der Waals surface area contributed by atoms with Crippen molar-refractivity contribution in [3.63, 3.8) is 0 Å². The average Bonchev–Trinajstić information content (AvgIpc) is 2.64. The van der Waals surface area contributed by atoms with Gasteiger partial charge in [-0.1, -0.05) is 25.1 Å². The van der Waals surface area contributed by atoms with Crippen molar-refractivity contribution < 1.29 is 19.0 Å². The fourth-order valence-corrected chi connectivity index (χ4v) is 2.80. The number of carbonyl (C=O) groups excluding carboxylic acids is 1. The van der Waals surface area contributed by atoms with Gasteiger partial charge in [0, 0.05) is 5.56 Å². The average molecular weight is 405 g/mol. The van der Waals surface area contributed by atoms with E-state index in [2.05, 4.69) is 15.9 Å². The number of hydrogen-bond donors (Lipinski definition) is 0. The van der Waals surface area contributed by atoms with Crippen molar-refractivity contribution >= 4 is 27.8 Å². The van der Waals surface area contributed by atoms with Crippen molar-refractivity contribution in [1.29, 1.82) is 0 Å². The summed E-state index contributed by atoms with van der Waals surface area (Å²) in [5.74, 6) is 1.85. The first-order valence-electron chi connectivity index (χ1n) is 7.95. The van der Waals surface area contributed by atoms with Crippen LogP contribution in [0.1, 0.15) is 29.3 Å². The Labute approximate surface area is 156 Å². The van der Waals surface area contributed by atoms with E-state index in [-0.39, 0.29) is 5.78 Å². The quantitative estimate of drug-likeness (QED) is 0.450. The van der Waals surface area contributed by atoms with Gasteiger partial charge in [0.1, 0.15) is 5.75 Å². The van der Waals surface area contributed by atoms with Crippen LogP contribution in [0.15, 0.2) is 46.9 Å². The Morgan fingerprint density at radius 3 is 2.64 bits per heavy atom. The van der Waals surface area contributed by atoms with Crippen LogP contribution in [0.3, 0.4) is 0 Å². The standard InChI is InChI=1S/C20H21BrO4/c1-4-10-25-20-17(21)11-14(12-19(20)24-3)8-9-18(22)15-6-5-7-16(13-15)23-2/h5-9,11-13H,4,10H2,1-3H3/b9-8+. The number of allylic oxidation sites excluding steroid dienone is 1. The molecular weight excluding hydrogens is 384 g/mol. The second-order valence-corrected chi connectivity index (χ2v) is 6.17. The number of carbonyl (C=O) groups is 1. The molecule has 5 heteroatoms. The highest BCUT2D eigenvalue weighted by molar-refractivity contribution is 9.10. The number of rotatable bonds is 8. The number of halogens is 1. The molecule has 0 N–H and O–H groups in total. The maximum Gasteiger partial charge on any atom is 0.185 e. The van der Waals surface area contributed by atoms with Gasteiger partial charge in [-0.25, -0.2) is 0 Å². The molecule has 0 saturated carbocycles. The molecule has 4 nitrogen and oxygen atoms in total. The molecule has 0 atom stereocenters. The van der Waals surface area contributed by atoms with E-state index in [4.69, 9.17) is 14.2 Å². The van der Waals surface area contributed by atoms with E-state index in [0.29, 0.717) is 29.4 Å². The Morgan fingerprint density at radius 1 is 1.16 bits per heavy atom. The molecule has 132 valence electrons. The number of hydrogen-bond acceptors (Lipinski definition) is 4. The van der Waals surface area contributed by atoms with Crippen molar-refractivity contribution in [3.05, 3.63) is 58.1 Å². The molecule has 25 heavy (non-hydrogen) atoms. The highest BCUT2D eigenvalue weighted by Crippen LogP contribution is 2.37. The van der Waals surface area contributed by atoms with Crippen molar-refractivity contribution in [2.45, 2.75) is 13.3 Å². The molecule has 0 aromatic heterocycles. The van der Waals surface area contributed by atoms with Crippen LogP contribution in [0.4, 0.5) is 0 Å². The van der Waals surface area contributed by atoms with Crippen LogP contribution >= 0.6 is 15.9 Å². The zero-order valence-electron chi connectivity index (χ0n) is 14.5. The van der Waals surface area contributed by atoms with Gasteiger partial charge in [-0.15, -0.1) is 0 Å². The van der Waals surface area contributed by atoms with Gasteiger partial charge in [0.15, 0.2) is 17.3 Å². The Bertz CT molecular complexity index is 768. The van der Waals surface area contributed by atoms with Gasteiger partial charge in [0.05, 0.1) is 25.3 Å². The van der Waals surface area contributed by atoms with E-state index in [1.807, 2.05) is 19.1 Å². The highest BCUT2D eigenvalue weighted by Gasteiger charge is 2.11. The lowest BCUT2D eigenvalue weighted by Crippen LogP contribution is -1.99. The molecule has 0 saturated heterocycles. The van der Waals surface area contributed by atoms with Crippen LogP contribution in [0.5, 0.6) is 17.2 Å². The van der Waals surface area contributed by atoms with E-state index >= 15 is 0 Å². The Balaban J connectivity index is 2.22. The van der Waals surface area contributed by atoms with E-state index in [1.54, 1.807) is 44.6 Å². The molecule has 0 spiro atoms. The van der Waals surface area contributed by atoms with E-state index in [9.17, 15) is 4.79 Å². The first-order chi connectivity index (χ1) is 12.1. The number of methoxy groups -OCH3 is 2. The molecule has 0 aliphatic rings. The summed E-state index contributed by atoms with van der Waals surface area (Å²) in [6, 6.07) is 10.8. The Kier molecular flexibility index (Phi) is 7.07. The van der Waals surface area contributed by atoms with Gasteiger partial charge in [0.2, 0.25) is 0 Å². The van der Waals surface area contributed by atoms with Crippen LogP contribution in [0, 0.1) is 0 Å². The van der Waals surface area contributed by atoms with Crippen LogP contribution in [-0.2, 0) is 0 Å². The summed E-state index contributed by atoms with van der Waals surface area (Å²) < 4.78 is 17.0. The lowest BCUT2D eigenvalue weighted by molar-refractivity contribution is 0.104. The lowest BCUT2D eigenvalue weighted by atomic mass is 10.1. The zero-order valence-corrected chi connectivity index (χ0v) is 16.1. The van der Waals surface area contributed by atoms with Gasteiger partial charge < -0.3 is 14.2 Å². The second-order valence-electron chi connectivity index (χ2n) is 5.31. The molecule has 0 heterocycles. The third kappa shape index (κ3) is 5.10. The minimum atomic E-state index is -0.0969. The molecule has 0 bridgehead atoms. The second kappa shape index (κ2) is 9.28. The smallest absolute Gasteiger partial charge is 0.185 e. The number of ketones is 1. The molecule has 2 rings (SSSR count). The molecule has 0 fully saturated rings. The summed E-state index contributed by atoms with van der Waals surface area (Å²) in [7, 11) is 3.17. The largest absolute Gasteiger partial charge is 0.497 e. The maximum atomic E-state index is 12.3. The summed E-state index contributed by atoms with van der Waals surface area (Å²) in [5.41, 5.74) is 1.41. The summed E-state index contributed by atoms with van der Waals surface area (Å²) in [5, 5.41) is 0. The molecule has 2 aromatic carbocycles. The fraction of sp³-hybridized carbons (Fsp3) is 0.250. The molecule has 0 radical (unpaired) electrons. The summed E-state index contributed by atoms with van der Waals surface area (Å²) in [6.07, 6.45) is 4.19. The van der Waals surface area contributed by atoms with E-state index in [0.717, 1.165) is 16.5 Å². The van der Waals surface area contributed by atoms with Crippen molar-refractivity contribution in [3.8, 4) is 17.2 Å². The zero-order chi connectivity index (χ0) is 18.2. The third-order valence-corrected chi connectivity index (χ3v) is 4.07. The van der Waals surface area contributed by atoms with Crippen molar-refractivity contribution in [2.75, 3.05) is 20.8 Å². The maximum absolute atomic E-state index is 12.3. The summed E-state index contributed by atoms with van der Waals surface area (Å²) in [4.78, 5) is 12.3. The van der Waals surface area contributed by atoms with Gasteiger partial charge in [0.25, 0.3) is 0 Å². The number of benzene rings is 2. The van der Waals surface area contributed by atoms with E-state index < -0.39 is 0 Å². The van der Waals surface area contributed by atoms with Crippen LogP contribution < -0.4 is 14.2 Å². The van der Waals surface area contributed by atoms with Gasteiger partial charge in [-0.05, 0) is 58.3 Å². The first-order valence-corrected chi connectivity index (χ1v) is 8.75. The summed E-state index contributed by atoms with van der Waals surface area (Å²) >= 11 is 3.50. The van der Waals surface area contributed by atoms with Gasteiger partial charge >= 0.3 is 0 Å². The molecular formula is C20H21BrO4. The number of ether oxygens (including phenoxy) is 3. The SMILES string of the molecule is CCCOc1c(Br)cc(/C=C/C(=O)c2cccc(OC)c2)cc1OC. The molecule has 0 unspecified atom stereocenters. The van der Waals surface area contributed by atoms with Gasteiger partial charge in [-0.3, -0.25) is 4.79 Å². The van der Waals surface area contributed by atoms with Crippen molar-refractivity contribution in [1.82, 2.24) is 0 Å². The molecule has 2 aromatic rings. The summed E-state index contributed by atoms with van der Waals surface area (Å²) in [6.45, 7) is 2.65.